The highest BCUT2D eigenvalue weighted by molar-refractivity contribution is 7.99. The van der Waals surface area contributed by atoms with E-state index in [1.54, 1.807) is 19.2 Å². The second-order valence-electron chi connectivity index (χ2n) is 7.14. The van der Waals surface area contributed by atoms with Crippen LogP contribution in [0.3, 0.4) is 0 Å². The summed E-state index contributed by atoms with van der Waals surface area (Å²) in [4.78, 5) is 22.6. The number of hydrazone groups is 1. The number of aromatic nitrogens is 3. The molecular formula is C24H20N6O4S. The molecule has 0 aliphatic carbocycles. The van der Waals surface area contributed by atoms with Gasteiger partial charge in [0.1, 0.15) is 5.75 Å². The van der Waals surface area contributed by atoms with Gasteiger partial charge in [-0.1, -0.05) is 42.1 Å². The first kappa shape index (κ1) is 23.6. The van der Waals surface area contributed by atoms with Crippen LogP contribution in [-0.2, 0) is 4.79 Å². The lowest BCUT2D eigenvalue weighted by molar-refractivity contribution is -0.384. The predicted molar refractivity (Wildman–Crippen MR) is 133 cm³/mol. The fourth-order valence-corrected chi connectivity index (χ4v) is 3.87. The normalized spacial score (nSPS) is 10.9. The van der Waals surface area contributed by atoms with Gasteiger partial charge in [-0.3, -0.25) is 19.5 Å². The van der Waals surface area contributed by atoms with Crippen LogP contribution in [0.5, 0.6) is 5.75 Å². The molecule has 1 amide bonds. The van der Waals surface area contributed by atoms with Crippen LogP contribution in [0.4, 0.5) is 5.69 Å². The number of non-ortho nitro benzene ring substituents is 1. The molecule has 10 nitrogen and oxygen atoms in total. The van der Waals surface area contributed by atoms with Gasteiger partial charge in [-0.15, -0.1) is 10.2 Å². The van der Waals surface area contributed by atoms with E-state index in [0.717, 1.165) is 17.0 Å². The number of benzene rings is 3. The van der Waals surface area contributed by atoms with Crippen molar-refractivity contribution in [2.45, 2.75) is 5.16 Å². The van der Waals surface area contributed by atoms with E-state index in [4.69, 9.17) is 4.74 Å². The number of carbonyl (C=O) groups excluding carboxylic acids is 1. The summed E-state index contributed by atoms with van der Waals surface area (Å²) in [6.45, 7) is 0. The van der Waals surface area contributed by atoms with Crippen molar-refractivity contribution in [3.63, 3.8) is 0 Å². The van der Waals surface area contributed by atoms with Crippen LogP contribution in [-0.4, -0.2) is 44.7 Å². The number of amides is 1. The predicted octanol–water partition coefficient (Wildman–Crippen LogP) is 4.09. The van der Waals surface area contributed by atoms with Crippen LogP contribution in [0.1, 0.15) is 5.56 Å². The molecule has 1 aromatic heterocycles. The van der Waals surface area contributed by atoms with Crippen molar-refractivity contribution in [3.05, 3.63) is 94.5 Å². The Morgan fingerprint density at radius 3 is 2.46 bits per heavy atom. The summed E-state index contributed by atoms with van der Waals surface area (Å²) in [6.07, 6.45) is 1.42. The molecule has 1 heterocycles. The number of hydrogen-bond acceptors (Lipinski definition) is 8. The Kier molecular flexibility index (Phi) is 7.48. The quantitative estimate of drug-likeness (QED) is 0.163. The standard InChI is InChI=1S/C24H20N6O4S/c1-34-21-13-11-19(12-14-21)29-23(18-5-3-2-4-6-18)27-28-24(29)35-16-22(31)26-25-15-17-7-9-20(10-8-17)30(32)33/h2-15H,16H2,1H3,(H,26,31). The van der Waals surface area contributed by atoms with E-state index in [-0.39, 0.29) is 17.3 Å². The average molecular weight is 489 g/mol. The molecular weight excluding hydrogens is 468 g/mol. The van der Waals surface area contributed by atoms with Crippen molar-refractivity contribution in [1.29, 1.82) is 0 Å². The van der Waals surface area contributed by atoms with Gasteiger partial charge in [0.2, 0.25) is 0 Å². The molecule has 3 aromatic carbocycles. The monoisotopic (exact) mass is 488 g/mol. The van der Waals surface area contributed by atoms with Crippen LogP contribution >= 0.6 is 11.8 Å². The Morgan fingerprint density at radius 2 is 1.80 bits per heavy atom. The SMILES string of the molecule is COc1ccc(-n2c(SCC(=O)NN=Cc3ccc([N+](=O)[O-])cc3)nnc2-c2ccccc2)cc1. The molecule has 4 aromatic rings. The maximum atomic E-state index is 12.3. The van der Waals surface area contributed by atoms with Crippen molar-refractivity contribution in [2.24, 2.45) is 5.10 Å². The number of thioether (sulfide) groups is 1. The van der Waals surface area contributed by atoms with Crippen molar-refractivity contribution in [3.8, 4) is 22.8 Å². The third-order valence-corrected chi connectivity index (χ3v) is 5.76. The van der Waals surface area contributed by atoms with E-state index in [0.29, 0.717) is 16.5 Å². The maximum absolute atomic E-state index is 12.3. The number of nitrogens with zero attached hydrogens (tertiary/aromatic N) is 5. The second kappa shape index (κ2) is 11.1. The molecule has 176 valence electrons. The van der Waals surface area contributed by atoms with Gasteiger partial charge in [-0.05, 0) is 42.0 Å². The van der Waals surface area contributed by atoms with Crippen LogP contribution in [0.2, 0.25) is 0 Å². The van der Waals surface area contributed by atoms with Crippen LogP contribution < -0.4 is 10.2 Å². The summed E-state index contributed by atoms with van der Waals surface area (Å²) in [5.74, 6) is 1.09. The Morgan fingerprint density at radius 1 is 1.09 bits per heavy atom. The van der Waals surface area contributed by atoms with E-state index < -0.39 is 4.92 Å². The molecule has 0 bridgehead atoms. The molecule has 0 saturated carbocycles. The molecule has 0 unspecified atom stereocenters. The third kappa shape index (κ3) is 5.89. The average Bonchev–Trinajstić information content (AvgIpc) is 3.32. The fraction of sp³-hybridized carbons (Fsp3) is 0.0833. The first-order valence-corrected chi connectivity index (χ1v) is 11.4. The number of rotatable bonds is 9. The molecule has 35 heavy (non-hydrogen) atoms. The highest BCUT2D eigenvalue weighted by atomic mass is 32.2. The molecule has 4 rings (SSSR count). The van der Waals surface area contributed by atoms with Crippen molar-refractivity contribution in [2.75, 3.05) is 12.9 Å². The number of ether oxygens (including phenoxy) is 1. The Bertz CT molecular complexity index is 1340. The largest absolute Gasteiger partial charge is 0.497 e. The van der Waals surface area contributed by atoms with Gasteiger partial charge in [0.05, 0.1) is 24.0 Å². The molecule has 0 saturated heterocycles. The summed E-state index contributed by atoms with van der Waals surface area (Å²) in [5.41, 5.74) is 4.77. The van der Waals surface area contributed by atoms with Gasteiger partial charge in [-0.25, -0.2) is 5.43 Å². The zero-order chi connectivity index (χ0) is 24.6. The second-order valence-corrected chi connectivity index (χ2v) is 8.08. The number of nitrogens with one attached hydrogen (secondary N) is 1. The maximum Gasteiger partial charge on any atom is 0.269 e. The third-order valence-electron chi connectivity index (χ3n) is 4.84. The van der Waals surface area contributed by atoms with Crippen molar-refractivity contribution in [1.82, 2.24) is 20.2 Å². The molecule has 1 N–H and O–H groups in total. The Balaban J connectivity index is 1.47. The molecule has 0 radical (unpaired) electrons. The lowest BCUT2D eigenvalue weighted by Gasteiger charge is -2.11. The molecule has 0 fully saturated rings. The van der Waals surface area contributed by atoms with Crippen molar-refractivity contribution < 1.29 is 14.5 Å². The summed E-state index contributed by atoms with van der Waals surface area (Å²) in [6, 6.07) is 23.0. The van der Waals surface area contributed by atoms with Crippen LogP contribution in [0, 0.1) is 10.1 Å². The summed E-state index contributed by atoms with van der Waals surface area (Å²) in [7, 11) is 1.60. The van der Waals surface area contributed by atoms with Gasteiger partial charge in [0, 0.05) is 23.4 Å². The Hall–Kier alpha value is -4.51. The van der Waals surface area contributed by atoms with E-state index >= 15 is 0 Å². The minimum atomic E-state index is -0.478. The zero-order valence-electron chi connectivity index (χ0n) is 18.6. The molecule has 0 aliphatic heterocycles. The number of carbonyl (C=O) groups is 1. The zero-order valence-corrected chi connectivity index (χ0v) is 19.4. The first-order chi connectivity index (χ1) is 17.0. The van der Waals surface area contributed by atoms with Crippen LogP contribution in [0.25, 0.3) is 17.1 Å². The highest BCUT2D eigenvalue weighted by Crippen LogP contribution is 2.28. The first-order valence-electron chi connectivity index (χ1n) is 10.4. The summed E-state index contributed by atoms with van der Waals surface area (Å²) >= 11 is 1.22. The van der Waals surface area contributed by atoms with E-state index in [9.17, 15) is 14.9 Å². The topological polar surface area (TPSA) is 125 Å². The van der Waals surface area contributed by atoms with Gasteiger partial charge < -0.3 is 4.74 Å². The van der Waals surface area contributed by atoms with Crippen molar-refractivity contribution >= 4 is 29.6 Å². The smallest absolute Gasteiger partial charge is 0.269 e. The fourth-order valence-electron chi connectivity index (χ4n) is 3.12. The lowest BCUT2D eigenvalue weighted by Crippen LogP contribution is -2.20. The van der Waals surface area contributed by atoms with Crippen LogP contribution in [0.15, 0.2) is 89.1 Å². The molecule has 0 aliphatic rings. The van der Waals surface area contributed by atoms with Gasteiger partial charge >= 0.3 is 0 Å². The number of nitro groups is 1. The van der Waals surface area contributed by atoms with E-state index in [2.05, 4.69) is 20.7 Å². The highest BCUT2D eigenvalue weighted by Gasteiger charge is 2.17. The number of methoxy groups -OCH3 is 1. The molecule has 0 atom stereocenters. The summed E-state index contributed by atoms with van der Waals surface area (Å²) < 4.78 is 7.14. The minimum Gasteiger partial charge on any atom is -0.497 e. The molecule has 11 heteroatoms. The van der Waals surface area contributed by atoms with Gasteiger partial charge in [0.15, 0.2) is 11.0 Å². The molecule has 0 spiro atoms. The van der Waals surface area contributed by atoms with E-state index in [1.165, 1.54) is 30.1 Å². The number of hydrogen-bond donors (Lipinski definition) is 1. The Labute approximate surface area is 204 Å². The van der Waals surface area contributed by atoms with Gasteiger partial charge in [-0.2, -0.15) is 5.10 Å². The van der Waals surface area contributed by atoms with E-state index in [1.807, 2.05) is 59.2 Å². The van der Waals surface area contributed by atoms with Gasteiger partial charge in [0.25, 0.3) is 11.6 Å². The summed E-state index contributed by atoms with van der Waals surface area (Å²) in [5, 5.41) is 23.8. The number of nitro benzene ring substituents is 1. The lowest BCUT2D eigenvalue weighted by atomic mass is 10.2. The minimum absolute atomic E-state index is 0.0153.